The molecule has 5 rings (SSSR count). The van der Waals surface area contributed by atoms with E-state index in [0.29, 0.717) is 40.9 Å². The zero-order valence-corrected chi connectivity index (χ0v) is 23.7. The van der Waals surface area contributed by atoms with Crippen LogP contribution in [0.5, 0.6) is 11.6 Å². The molecule has 0 aliphatic carbocycles. The van der Waals surface area contributed by atoms with E-state index in [1.165, 1.54) is 19.2 Å². The summed E-state index contributed by atoms with van der Waals surface area (Å²) in [5.74, 6) is 0.312. The van der Waals surface area contributed by atoms with E-state index < -0.39 is 27.5 Å². The molecule has 3 aromatic rings. The summed E-state index contributed by atoms with van der Waals surface area (Å²) in [6.07, 6.45) is 1.70. The van der Waals surface area contributed by atoms with E-state index >= 15 is 0 Å². The van der Waals surface area contributed by atoms with Gasteiger partial charge in [-0.15, -0.1) is 0 Å². The maximum Gasteiger partial charge on any atom is 0.257 e. The van der Waals surface area contributed by atoms with Gasteiger partial charge in [0.1, 0.15) is 23.8 Å². The number of hydrogen-bond donors (Lipinski definition) is 3. The summed E-state index contributed by atoms with van der Waals surface area (Å²) >= 11 is 0. The van der Waals surface area contributed by atoms with Gasteiger partial charge in [-0.05, 0) is 32.0 Å². The molecule has 41 heavy (non-hydrogen) atoms. The minimum Gasteiger partial charge on any atom is -0.479 e. The molecule has 14 heteroatoms. The summed E-state index contributed by atoms with van der Waals surface area (Å²) in [4.78, 5) is 26.7. The number of carbonyl (C=O) groups is 1. The molecule has 1 fully saturated rings. The first-order chi connectivity index (χ1) is 19.3. The number of sulfone groups is 1. The van der Waals surface area contributed by atoms with Crippen molar-refractivity contribution in [3.05, 3.63) is 36.5 Å². The van der Waals surface area contributed by atoms with Gasteiger partial charge in [0.05, 0.1) is 29.5 Å². The maximum atomic E-state index is 12.5. The van der Waals surface area contributed by atoms with Gasteiger partial charge in [0.2, 0.25) is 5.91 Å². The fourth-order valence-electron chi connectivity index (χ4n) is 4.53. The maximum absolute atomic E-state index is 12.5. The van der Waals surface area contributed by atoms with Gasteiger partial charge in [-0.1, -0.05) is 0 Å². The zero-order valence-electron chi connectivity index (χ0n) is 22.9. The number of aromatic nitrogens is 3. The number of nitriles is 1. The zero-order chi connectivity index (χ0) is 29.5. The molecule has 1 saturated heterocycles. The third-order valence-electron chi connectivity index (χ3n) is 6.50. The van der Waals surface area contributed by atoms with Gasteiger partial charge < -0.3 is 30.1 Å². The third-order valence-corrected chi connectivity index (χ3v) is 7.47. The molecular weight excluding hydrogens is 550 g/mol. The number of aliphatic hydroxyl groups excluding tert-OH is 1. The SMILES string of the molecule is CC(=O)Nc1cc(Nc2cc(N3C[C@@H](O)[C@H](C#N)C3)cc(S(C)(=O)=O)n2)c(-c2ccc3c(n2)OCC(C)(C)O3)cn1. The van der Waals surface area contributed by atoms with Crippen LogP contribution in [-0.4, -0.2) is 72.0 Å². The Hall–Kier alpha value is -4.48. The number of aliphatic hydroxyl groups is 1. The molecule has 214 valence electrons. The second-order valence-electron chi connectivity index (χ2n) is 10.6. The molecule has 2 aliphatic heterocycles. The second-order valence-corrected chi connectivity index (χ2v) is 12.6. The monoisotopic (exact) mass is 579 g/mol. The molecule has 3 aromatic heterocycles. The van der Waals surface area contributed by atoms with Crippen molar-refractivity contribution in [2.24, 2.45) is 5.92 Å². The molecule has 5 heterocycles. The normalized spacial score (nSPS) is 19.4. The predicted molar refractivity (Wildman–Crippen MR) is 150 cm³/mol. The van der Waals surface area contributed by atoms with E-state index in [2.05, 4.69) is 31.7 Å². The van der Waals surface area contributed by atoms with Crippen molar-refractivity contribution in [2.45, 2.75) is 37.5 Å². The molecule has 3 N–H and O–H groups in total. The fraction of sp³-hybridized carbons (Fsp3) is 0.370. The Morgan fingerprint density at radius 2 is 1.98 bits per heavy atom. The Morgan fingerprint density at radius 3 is 2.66 bits per heavy atom. The lowest BCUT2D eigenvalue weighted by molar-refractivity contribution is -0.114. The summed E-state index contributed by atoms with van der Waals surface area (Å²) in [6, 6.07) is 10.2. The van der Waals surface area contributed by atoms with E-state index in [4.69, 9.17) is 9.47 Å². The average molecular weight is 580 g/mol. The van der Waals surface area contributed by atoms with Crippen LogP contribution in [0.3, 0.4) is 0 Å². The van der Waals surface area contributed by atoms with Crippen LogP contribution in [-0.2, 0) is 14.6 Å². The number of anilines is 4. The summed E-state index contributed by atoms with van der Waals surface area (Å²) in [6.45, 7) is 5.88. The highest BCUT2D eigenvalue weighted by Gasteiger charge is 2.33. The summed E-state index contributed by atoms with van der Waals surface area (Å²) in [5, 5.41) is 25.2. The number of hydrogen-bond acceptors (Lipinski definition) is 12. The van der Waals surface area contributed by atoms with Gasteiger partial charge in [-0.25, -0.2) is 23.4 Å². The lowest BCUT2D eigenvalue weighted by Gasteiger charge is -2.31. The molecule has 0 saturated carbocycles. The second kappa shape index (κ2) is 10.5. The van der Waals surface area contributed by atoms with Crippen molar-refractivity contribution >= 4 is 38.8 Å². The van der Waals surface area contributed by atoms with Crippen LogP contribution >= 0.6 is 0 Å². The van der Waals surface area contributed by atoms with Crippen molar-refractivity contribution in [2.75, 3.05) is 41.5 Å². The number of nitrogens with one attached hydrogen (secondary N) is 2. The van der Waals surface area contributed by atoms with Crippen LogP contribution in [0.4, 0.5) is 23.0 Å². The van der Waals surface area contributed by atoms with E-state index in [0.717, 1.165) is 6.26 Å². The fourth-order valence-corrected chi connectivity index (χ4v) is 5.13. The molecule has 0 unspecified atom stereocenters. The minimum absolute atomic E-state index is 0.163. The van der Waals surface area contributed by atoms with E-state index in [1.807, 2.05) is 13.8 Å². The van der Waals surface area contributed by atoms with Gasteiger partial charge in [-0.3, -0.25) is 4.79 Å². The summed E-state index contributed by atoms with van der Waals surface area (Å²) < 4.78 is 36.8. The number of carbonyl (C=O) groups excluding carboxylic acids is 1. The van der Waals surface area contributed by atoms with E-state index in [9.17, 15) is 23.6 Å². The van der Waals surface area contributed by atoms with Crippen molar-refractivity contribution in [3.8, 4) is 29.0 Å². The largest absolute Gasteiger partial charge is 0.479 e. The number of rotatable bonds is 6. The van der Waals surface area contributed by atoms with Crippen LogP contribution < -0.4 is 25.0 Å². The third kappa shape index (κ3) is 6.16. The molecule has 2 aliphatic rings. The number of pyridine rings is 3. The van der Waals surface area contributed by atoms with Crippen molar-refractivity contribution in [1.29, 1.82) is 5.26 Å². The topological polar surface area (TPSA) is 180 Å². The van der Waals surface area contributed by atoms with E-state index in [1.54, 1.807) is 29.2 Å². The van der Waals surface area contributed by atoms with Crippen LogP contribution in [0.25, 0.3) is 11.3 Å². The first-order valence-electron chi connectivity index (χ1n) is 12.7. The van der Waals surface area contributed by atoms with Gasteiger partial charge in [0.15, 0.2) is 20.6 Å². The molecule has 0 radical (unpaired) electrons. The highest BCUT2D eigenvalue weighted by molar-refractivity contribution is 7.90. The van der Waals surface area contributed by atoms with Gasteiger partial charge in [0.25, 0.3) is 5.88 Å². The molecule has 0 bridgehead atoms. The average Bonchev–Trinajstić information content (AvgIpc) is 3.28. The van der Waals surface area contributed by atoms with Crippen molar-refractivity contribution in [3.63, 3.8) is 0 Å². The van der Waals surface area contributed by atoms with Crippen LogP contribution in [0.2, 0.25) is 0 Å². The molecule has 0 spiro atoms. The quantitative estimate of drug-likeness (QED) is 0.389. The number of ether oxygens (including phenoxy) is 2. The molecule has 1 amide bonds. The Kier molecular flexibility index (Phi) is 7.18. The van der Waals surface area contributed by atoms with Crippen molar-refractivity contribution < 1.29 is 27.8 Å². The van der Waals surface area contributed by atoms with Crippen molar-refractivity contribution in [1.82, 2.24) is 15.0 Å². The molecule has 13 nitrogen and oxygen atoms in total. The number of amides is 1. The predicted octanol–water partition coefficient (Wildman–Crippen LogP) is 2.51. The highest BCUT2D eigenvalue weighted by atomic mass is 32.2. The Labute approximate surface area is 237 Å². The smallest absolute Gasteiger partial charge is 0.257 e. The molecular formula is C27H29N7O6S. The summed E-state index contributed by atoms with van der Waals surface area (Å²) in [7, 11) is -3.73. The number of nitrogens with zero attached hydrogens (tertiary/aromatic N) is 5. The van der Waals surface area contributed by atoms with Gasteiger partial charge in [-0.2, -0.15) is 5.26 Å². The molecule has 2 atom stereocenters. The van der Waals surface area contributed by atoms with E-state index in [-0.39, 0.29) is 35.7 Å². The Bertz CT molecular complexity index is 1670. The van der Waals surface area contributed by atoms with Crippen LogP contribution in [0.1, 0.15) is 20.8 Å². The lowest BCUT2D eigenvalue weighted by Crippen LogP contribution is -2.39. The Balaban J connectivity index is 1.57. The van der Waals surface area contributed by atoms with Gasteiger partial charge >= 0.3 is 0 Å². The number of fused-ring (bicyclic) bond motifs is 1. The number of β-amino-alcohol motifs (C(OH)–C–C–N with tert-alkyl or cyclic N) is 1. The highest BCUT2D eigenvalue weighted by Crippen LogP contribution is 2.38. The Morgan fingerprint density at radius 1 is 1.20 bits per heavy atom. The first-order valence-corrected chi connectivity index (χ1v) is 14.6. The first kappa shape index (κ1) is 28.1. The van der Waals surface area contributed by atoms with Crippen LogP contribution in [0.15, 0.2) is 41.6 Å². The standard InChI is InChI=1S/C27H29N7O6S/c1-15(35)30-23-9-20(18(11-29-23)19-5-6-22-26(32-19)39-14-27(2,3)40-22)31-24-7-17(8-25(33-24)41(4,37)38)34-12-16(10-28)21(36)13-34/h5-9,11,16,21,36H,12-14H2,1-4H3,(H2,29,30,31,33,35)/t16-,21-/m1/s1. The lowest BCUT2D eigenvalue weighted by atomic mass is 10.1. The summed E-state index contributed by atoms with van der Waals surface area (Å²) in [5.41, 5.74) is 1.39. The van der Waals surface area contributed by atoms with Gasteiger partial charge in [0, 0.05) is 55.8 Å². The minimum atomic E-state index is -3.73. The molecule has 0 aromatic carbocycles. The van der Waals surface area contributed by atoms with Crippen LogP contribution in [0, 0.1) is 17.2 Å².